The zero-order chi connectivity index (χ0) is 25.9. The molecule has 1 amide bonds. The van der Waals surface area contributed by atoms with Crippen LogP contribution in [-0.4, -0.2) is 58.8 Å². The Labute approximate surface area is 219 Å². The lowest BCUT2D eigenvalue weighted by molar-refractivity contribution is 0.00977. The van der Waals surface area contributed by atoms with E-state index in [4.69, 9.17) is 14.2 Å². The normalized spacial score (nSPS) is 16.1. The highest BCUT2D eigenvalue weighted by Gasteiger charge is 2.32. The van der Waals surface area contributed by atoms with Gasteiger partial charge >= 0.3 is 6.09 Å². The first-order valence-electron chi connectivity index (χ1n) is 12.2. The van der Waals surface area contributed by atoms with Crippen molar-refractivity contribution in [1.82, 2.24) is 14.7 Å². The molecule has 0 aliphatic carbocycles. The summed E-state index contributed by atoms with van der Waals surface area (Å²) in [6.07, 6.45) is 2.23. The number of carbonyl (C=O) groups is 1. The van der Waals surface area contributed by atoms with E-state index in [-0.39, 0.29) is 18.0 Å². The van der Waals surface area contributed by atoms with Crippen molar-refractivity contribution in [3.05, 3.63) is 46.7 Å². The van der Waals surface area contributed by atoms with E-state index in [1.54, 1.807) is 21.7 Å². The van der Waals surface area contributed by atoms with Crippen LogP contribution in [0.5, 0.6) is 5.75 Å². The predicted octanol–water partition coefficient (Wildman–Crippen LogP) is 6.33. The molecule has 4 rings (SSSR count). The number of likely N-dealkylation sites (tertiary alicyclic amines) is 1. The van der Waals surface area contributed by atoms with E-state index >= 15 is 0 Å². The summed E-state index contributed by atoms with van der Waals surface area (Å²) in [5.74, 6) is 0.0845. The number of rotatable bonds is 8. The summed E-state index contributed by atoms with van der Waals surface area (Å²) >= 11 is 3.47. The van der Waals surface area contributed by atoms with Crippen molar-refractivity contribution in [2.45, 2.75) is 51.7 Å². The fourth-order valence-electron chi connectivity index (χ4n) is 4.35. The Bertz CT molecular complexity index is 1220. The number of aromatic nitrogens is 2. The maximum atomic E-state index is 15.0. The Hall–Kier alpha value is -2.65. The van der Waals surface area contributed by atoms with Gasteiger partial charge < -0.3 is 19.1 Å². The minimum absolute atomic E-state index is 0.0335. The van der Waals surface area contributed by atoms with Gasteiger partial charge in [0.15, 0.2) is 0 Å². The van der Waals surface area contributed by atoms with Crippen LogP contribution in [0.1, 0.15) is 40.0 Å². The van der Waals surface area contributed by atoms with Gasteiger partial charge in [-0.3, -0.25) is 4.68 Å². The summed E-state index contributed by atoms with van der Waals surface area (Å²) in [6, 6.07) is 10.7. The molecule has 0 bridgehead atoms. The van der Waals surface area contributed by atoms with Gasteiger partial charge in [-0.05, 0) is 63.9 Å². The number of nitrogens with zero attached hydrogens (tertiary/aromatic N) is 3. The molecule has 0 spiro atoms. The van der Waals surface area contributed by atoms with E-state index in [0.717, 1.165) is 28.2 Å². The maximum absolute atomic E-state index is 15.0. The number of hydrogen-bond acceptors (Lipinski definition) is 5. The largest absolute Gasteiger partial charge is 0.493 e. The second-order valence-corrected chi connectivity index (χ2v) is 10.9. The fourth-order valence-corrected chi connectivity index (χ4v) is 4.70. The molecule has 194 valence electrons. The summed E-state index contributed by atoms with van der Waals surface area (Å²) < 4.78 is 34.7. The molecule has 1 unspecified atom stereocenters. The number of carbonyl (C=O) groups excluding carboxylic acids is 1. The van der Waals surface area contributed by atoms with Gasteiger partial charge in [-0.2, -0.15) is 5.10 Å². The van der Waals surface area contributed by atoms with E-state index < -0.39 is 5.60 Å². The lowest BCUT2D eigenvalue weighted by Crippen LogP contribution is -2.41. The van der Waals surface area contributed by atoms with Crippen molar-refractivity contribution in [3.8, 4) is 17.0 Å². The summed E-state index contributed by atoms with van der Waals surface area (Å²) in [5.41, 5.74) is 1.45. The van der Waals surface area contributed by atoms with Crippen LogP contribution in [0.15, 0.2) is 40.9 Å². The first-order valence-corrected chi connectivity index (χ1v) is 13.0. The van der Waals surface area contributed by atoms with Crippen LogP contribution in [0.4, 0.5) is 9.18 Å². The molecular formula is C27H33BrFN3O4. The average Bonchev–Trinajstić information content (AvgIpc) is 3.40. The maximum Gasteiger partial charge on any atom is 0.410 e. The van der Waals surface area contributed by atoms with Crippen molar-refractivity contribution in [3.63, 3.8) is 0 Å². The molecule has 1 atom stereocenters. The Balaban J connectivity index is 1.24. The molecule has 1 aliphatic heterocycles. The van der Waals surface area contributed by atoms with Crippen molar-refractivity contribution in [2.24, 2.45) is 7.05 Å². The van der Waals surface area contributed by atoms with E-state index in [1.165, 1.54) is 6.07 Å². The van der Waals surface area contributed by atoms with Crippen molar-refractivity contribution in [2.75, 3.05) is 26.4 Å². The van der Waals surface area contributed by atoms with E-state index in [9.17, 15) is 9.18 Å². The highest BCUT2D eigenvalue weighted by atomic mass is 79.9. The number of benzene rings is 2. The topological polar surface area (TPSA) is 65.8 Å². The number of halogens is 2. The molecule has 0 radical (unpaired) electrons. The van der Waals surface area contributed by atoms with Gasteiger partial charge in [0, 0.05) is 48.1 Å². The van der Waals surface area contributed by atoms with Gasteiger partial charge in [-0.15, -0.1) is 0 Å². The second kappa shape index (κ2) is 11.2. The number of amides is 1. The van der Waals surface area contributed by atoms with Crippen molar-refractivity contribution >= 4 is 32.9 Å². The lowest BCUT2D eigenvalue weighted by Gasteiger charge is -2.28. The summed E-state index contributed by atoms with van der Waals surface area (Å²) in [5, 5.41) is 5.41. The number of fused-ring (bicyclic) bond motifs is 1. The third-order valence-electron chi connectivity index (χ3n) is 6.03. The Kier molecular flexibility index (Phi) is 8.20. The van der Waals surface area contributed by atoms with Gasteiger partial charge in [0.05, 0.1) is 24.8 Å². The molecule has 1 aromatic heterocycles. The molecular weight excluding hydrogens is 529 g/mol. The van der Waals surface area contributed by atoms with E-state index in [2.05, 4.69) is 21.0 Å². The second-order valence-electron chi connectivity index (χ2n) is 10.0. The molecule has 9 heteroatoms. The summed E-state index contributed by atoms with van der Waals surface area (Å²) in [6.45, 7) is 7.66. The number of aryl methyl sites for hydroxylation is 1. The summed E-state index contributed by atoms with van der Waals surface area (Å²) in [7, 11) is 1.84. The minimum atomic E-state index is -0.511. The van der Waals surface area contributed by atoms with Crippen molar-refractivity contribution in [1.29, 1.82) is 0 Å². The quantitative estimate of drug-likeness (QED) is 0.301. The molecule has 1 aliphatic rings. The first kappa shape index (κ1) is 26.4. The molecule has 7 nitrogen and oxygen atoms in total. The molecule has 1 fully saturated rings. The Morgan fingerprint density at radius 3 is 2.75 bits per heavy atom. The van der Waals surface area contributed by atoms with Crippen molar-refractivity contribution < 1.29 is 23.4 Å². The smallest absolute Gasteiger partial charge is 0.410 e. The van der Waals surface area contributed by atoms with Gasteiger partial charge in [0.1, 0.15) is 22.9 Å². The summed E-state index contributed by atoms with van der Waals surface area (Å²) in [4.78, 5) is 14.1. The fraction of sp³-hybridized carbons (Fsp3) is 0.481. The van der Waals surface area contributed by atoms with Crippen LogP contribution in [0.25, 0.3) is 22.2 Å². The van der Waals surface area contributed by atoms with Gasteiger partial charge in [-0.25, -0.2) is 9.18 Å². The Morgan fingerprint density at radius 2 is 2.00 bits per heavy atom. The Morgan fingerprint density at radius 1 is 1.19 bits per heavy atom. The number of hydrogen-bond donors (Lipinski definition) is 0. The van der Waals surface area contributed by atoms with Crippen LogP contribution in [0.3, 0.4) is 0 Å². The monoisotopic (exact) mass is 561 g/mol. The average molecular weight is 562 g/mol. The van der Waals surface area contributed by atoms with E-state index in [1.807, 2.05) is 46.0 Å². The van der Waals surface area contributed by atoms with E-state index in [0.29, 0.717) is 49.8 Å². The van der Waals surface area contributed by atoms with Crippen LogP contribution in [0.2, 0.25) is 0 Å². The minimum Gasteiger partial charge on any atom is -0.493 e. The van der Waals surface area contributed by atoms with Gasteiger partial charge in [-0.1, -0.05) is 15.9 Å². The van der Waals surface area contributed by atoms with Crippen LogP contribution >= 0.6 is 15.9 Å². The molecule has 36 heavy (non-hydrogen) atoms. The number of ether oxygens (including phenoxy) is 3. The molecule has 3 aromatic rings. The third kappa shape index (κ3) is 6.37. The van der Waals surface area contributed by atoms with Gasteiger partial charge in [0.25, 0.3) is 0 Å². The molecule has 2 heterocycles. The molecule has 0 saturated carbocycles. The van der Waals surface area contributed by atoms with Gasteiger partial charge in [0.2, 0.25) is 0 Å². The molecule has 1 saturated heterocycles. The molecule has 2 aromatic carbocycles. The SMILES string of the molecule is Cn1nc(-c2ccc(OCCCOCC3CCCN3C(=O)OC(C)(C)C)cc2F)c2ccc(Br)cc21. The predicted molar refractivity (Wildman–Crippen MR) is 141 cm³/mol. The van der Waals surface area contributed by atoms with Crippen LogP contribution in [0, 0.1) is 5.82 Å². The first-order chi connectivity index (χ1) is 17.1. The standard InChI is InChI=1S/C27H33BrFN3O4/c1-27(2,3)36-26(33)32-12-5-7-19(32)17-34-13-6-14-35-20-9-11-21(23(29)16-20)25-22-10-8-18(28)15-24(22)31(4)30-25/h8-11,15-16,19H,5-7,12-14,17H2,1-4H3. The zero-order valence-electron chi connectivity index (χ0n) is 21.2. The lowest BCUT2D eigenvalue weighted by atomic mass is 10.1. The van der Waals surface area contributed by atoms with Crippen LogP contribution in [-0.2, 0) is 16.5 Å². The highest BCUT2D eigenvalue weighted by molar-refractivity contribution is 9.10. The molecule has 0 N–H and O–H groups in total. The zero-order valence-corrected chi connectivity index (χ0v) is 22.8. The highest BCUT2D eigenvalue weighted by Crippen LogP contribution is 2.32. The van der Waals surface area contributed by atoms with Crippen LogP contribution < -0.4 is 4.74 Å². The third-order valence-corrected chi connectivity index (χ3v) is 6.52.